The lowest BCUT2D eigenvalue weighted by atomic mass is 9.85. The van der Waals surface area contributed by atoms with E-state index in [2.05, 4.69) is 41.8 Å². The number of halogens is 2. The van der Waals surface area contributed by atoms with Crippen molar-refractivity contribution in [2.75, 3.05) is 6.54 Å². The normalized spacial score (nSPS) is 25.5. The second-order valence-corrected chi connectivity index (χ2v) is 8.97. The lowest BCUT2D eigenvalue weighted by Gasteiger charge is -2.24. The number of nitrogens with zero attached hydrogens (tertiary/aromatic N) is 1. The Labute approximate surface area is 167 Å². The van der Waals surface area contributed by atoms with Gasteiger partial charge in [0.2, 0.25) is 5.91 Å². The number of hydrogen-bond donors (Lipinski definition) is 2. The lowest BCUT2D eigenvalue weighted by molar-refractivity contribution is -0.122. The Morgan fingerprint density at radius 2 is 2.04 bits per heavy atom. The molecule has 1 aliphatic heterocycles. The third kappa shape index (κ3) is 5.81. The van der Waals surface area contributed by atoms with Gasteiger partial charge in [-0.3, -0.25) is 4.79 Å². The lowest BCUT2D eigenvalue weighted by Crippen LogP contribution is -2.43. The molecule has 1 aromatic heterocycles. The van der Waals surface area contributed by atoms with Crippen LogP contribution in [0.15, 0.2) is 5.38 Å². The van der Waals surface area contributed by atoms with Crippen LogP contribution in [0.2, 0.25) is 0 Å². The Kier molecular flexibility index (Phi) is 8.65. The molecule has 0 spiro atoms. The largest absolute Gasteiger partial charge is 0.354 e. The molecule has 25 heavy (non-hydrogen) atoms. The zero-order valence-corrected chi connectivity index (χ0v) is 17.8. The van der Waals surface area contributed by atoms with Crippen LogP contribution in [-0.2, 0) is 16.6 Å². The molecule has 3 rings (SSSR count). The summed E-state index contributed by atoms with van der Waals surface area (Å²) in [5.41, 5.74) is 1.24. The van der Waals surface area contributed by atoms with Crippen LogP contribution in [0.25, 0.3) is 0 Å². The summed E-state index contributed by atoms with van der Waals surface area (Å²) in [6.07, 6.45) is 7.01. The van der Waals surface area contributed by atoms with E-state index in [1.165, 1.54) is 25.7 Å². The molecular weight excluding hydrogens is 377 g/mol. The van der Waals surface area contributed by atoms with Gasteiger partial charge in [0.05, 0.1) is 16.7 Å². The van der Waals surface area contributed by atoms with Gasteiger partial charge in [-0.15, -0.1) is 36.2 Å². The monoisotopic (exact) mass is 407 g/mol. The number of carbonyl (C=O) groups is 1. The van der Waals surface area contributed by atoms with E-state index in [9.17, 15) is 4.79 Å². The first kappa shape index (κ1) is 22.7. The molecule has 1 amide bonds. The Morgan fingerprint density at radius 3 is 2.68 bits per heavy atom. The summed E-state index contributed by atoms with van der Waals surface area (Å²) in [7, 11) is 0. The highest BCUT2D eigenvalue weighted by Gasteiger charge is 2.37. The zero-order chi connectivity index (χ0) is 16.4. The topological polar surface area (TPSA) is 54.0 Å². The van der Waals surface area contributed by atoms with Gasteiger partial charge in [-0.2, -0.15) is 0 Å². The average Bonchev–Trinajstić information content (AvgIpc) is 3.13. The molecule has 1 aromatic rings. The van der Waals surface area contributed by atoms with Gasteiger partial charge in [0.1, 0.15) is 0 Å². The molecule has 144 valence electrons. The van der Waals surface area contributed by atoms with Crippen molar-refractivity contribution in [3.63, 3.8) is 0 Å². The van der Waals surface area contributed by atoms with Crippen LogP contribution in [0.3, 0.4) is 0 Å². The number of nitrogens with one attached hydrogen (secondary N) is 2. The third-order valence-corrected chi connectivity index (χ3v) is 6.05. The quantitative estimate of drug-likeness (QED) is 0.796. The van der Waals surface area contributed by atoms with Crippen molar-refractivity contribution in [1.82, 2.24) is 15.6 Å². The predicted molar refractivity (Wildman–Crippen MR) is 109 cm³/mol. The Bertz CT molecular complexity index is 545. The summed E-state index contributed by atoms with van der Waals surface area (Å²) in [6.45, 7) is 7.22. The molecule has 0 bridgehead atoms. The molecule has 1 saturated heterocycles. The summed E-state index contributed by atoms with van der Waals surface area (Å²) in [6, 6.07) is 0.595. The molecular formula is C18H31Cl2N3OS. The van der Waals surface area contributed by atoms with Crippen LogP contribution in [0.1, 0.15) is 63.6 Å². The fraction of sp³-hybridized carbons (Fsp3) is 0.778. The van der Waals surface area contributed by atoms with Crippen LogP contribution in [0.5, 0.6) is 0 Å². The van der Waals surface area contributed by atoms with Gasteiger partial charge < -0.3 is 10.6 Å². The van der Waals surface area contributed by atoms with Crippen LogP contribution in [0, 0.1) is 5.92 Å². The van der Waals surface area contributed by atoms with Gasteiger partial charge in [-0.1, -0.05) is 33.6 Å². The first-order valence-corrected chi connectivity index (χ1v) is 9.80. The fourth-order valence-electron chi connectivity index (χ4n) is 3.71. The molecule has 0 aromatic carbocycles. The first-order chi connectivity index (χ1) is 10.9. The molecule has 3 atom stereocenters. The van der Waals surface area contributed by atoms with Gasteiger partial charge >= 0.3 is 0 Å². The number of carbonyl (C=O) groups excluding carboxylic acids is 1. The van der Waals surface area contributed by atoms with E-state index in [0.29, 0.717) is 18.5 Å². The Hall–Kier alpha value is -0.360. The summed E-state index contributed by atoms with van der Waals surface area (Å²) >= 11 is 1.70. The van der Waals surface area contributed by atoms with E-state index in [1.807, 2.05) is 0 Å². The van der Waals surface area contributed by atoms with E-state index >= 15 is 0 Å². The van der Waals surface area contributed by atoms with Crippen LogP contribution < -0.4 is 10.6 Å². The van der Waals surface area contributed by atoms with E-state index in [1.54, 1.807) is 11.3 Å². The van der Waals surface area contributed by atoms with Crippen LogP contribution >= 0.6 is 36.2 Å². The second-order valence-electron chi connectivity index (χ2n) is 8.02. The number of aromatic nitrogens is 1. The SMILES string of the molecule is CC(C)(C)c1csc(CCNC(=O)C2CC3CCCCC3N2)n1.Cl.Cl. The number of fused-ring (bicyclic) bond motifs is 1. The minimum Gasteiger partial charge on any atom is -0.354 e. The second kappa shape index (κ2) is 9.54. The Balaban J connectivity index is 0.00000156. The highest BCUT2D eigenvalue weighted by molar-refractivity contribution is 7.09. The molecule has 1 saturated carbocycles. The van der Waals surface area contributed by atoms with Crippen molar-refractivity contribution in [3.05, 3.63) is 16.1 Å². The molecule has 7 heteroatoms. The van der Waals surface area contributed by atoms with Crippen molar-refractivity contribution >= 4 is 42.1 Å². The summed E-state index contributed by atoms with van der Waals surface area (Å²) < 4.78 is 0. The van der Waals surface area contributed by atoms with Crippen molar-refractivity contribution < 1.29 is 4.79 Å². The number of thiazole rings is 1. The molecule has 0 radical (unpaired) electrons. The Morgan fingerprint density at radius 1 is 1.32 bits per heavy atom. The first-order valence-electron chi connectivity index (χ1n) is 8.92. The number of hydrogen-bond acceptors (Lipinski definition) is 4. The fourth-order valence-corrected chi connectivity index (χ4v) is 4.73. The number of rotatable bonds is 4. The molecule has 3 unspecified atom stereocenters. The summed E-state index contributed by atoms with van der Waals surface area (Å²) in [4.78, 5) is 17.0. The van der Waals surface area contributed by atoms with Crippen LogP contribution in [-0.4, -0.2) is 29.5 Å². The third-order valence-electron chi connectivity index (χ3n) is 5.14. The van der Waals surface area contributed by atoms with Gasteiger partial charge in [-0.05, 0) is 25.2 Å². The van der Waals surface area contributed by atoms with Crippen molar-refractivity contribution in [2.24, 2.45) is 5.92 Å². The smallest absolute Gasteiger partial charge is 0.237 e. The maximum atomic E-state index is 12.4. The van der Waals surface area contributed by atoms with E-state index in [4.69, 9.17) is 0 Å². The van der Waals surface area contributed by atoms with Crippen LogP contribution in [0.4, 0.5) is 0 Å². The molecule has 2 aliphatic rings. The maximum absolute atomic E-state index is 12.4. The van der Waals surface area contributed by atoms with Gasteiger partial charge in [0, 0.05) is 29.8 Å². The van der Waals surface area contributed by atoms with E-state index in [0.717, 1.165) is 23.5 Å². The van der Waals surface area contributed by atoms with E-state index < -0.39 is 0 Å². The molecule has 2 heterocycles. The molecule has 2 N–H and O–H groups in total. The van der Waals surface area contributed by atoms with Gasteiger partial charge in [0.15, 0.2) is 0 Å². The minimum atomic E-state index is 0. The van der Waals surface area contributed by atoms with Gasteiger partial charge in [-0.25, -0.2) is 4.98 Å². The molecule has 4 nitrogen and oxygen atoms in total. The summed E-state index contributed by atoms with van der Waals surface area (Å²) in [5.74, 6) is 0.889. The standard InChI is InChI=1S/C18H29N3OS.2ClH/c1-18(2,3)15-11-23-16(21-15)8-9-19-17(22)14-10-12-6-4-5-7-13(12)20-14;;/h11-14,20H,4-10H2,1-3H3,(H,19,22);2*1H. The van der Waals surface area contributed by atoms with Crippen molar-refractivity contribution in [2.45, 2.75) is 76.8 Å². The zero-order valence-electron chi connectivity index (χ0n) is 15.3. The summed E-state index contributed by atoms with van der Waals surface area (Å²) in [5, 5.41) is 9.89. The maximum Gasteiger partial charge on any atom is 0.237 e. The van der Waals surface area contributed by atoms with Gasteiger partial charge in [0.25, 0.3) is 0 Å². The average molecular weight is 408 g/mol. The van der Waals surface area contributed by atoms with Crippen molar-refractivity contribution in [3.8, 4) is 0 Å². The number of amides is 1. The molecule has 1 aliphatic carbocycles. The molecule has 2 fully saturated rings. The van der Waals surface area contributed by atoms with E-state index in [-0.39, 0.29) is 42.2 Å². The highest BCUT2D eigenvalue weighted by atomic mass is 35.5. The van der Waals surface area contributed by atoms with Crippen molar-refractivity contribution in [1.29, 1.82) is 0 Å². The highest BCUT2D eigenvalue weighted by Crippen LogP contribution is 2.33. The predicted octanol–water partition coefficient (Wildman–Crippen LogP) is 3.86. The minimum absolute atomic E-state index is 0.